The van der Waals surface area contributed by atoms with Crippen molar-refractivity contribution in [3.63, 3.8) is 0 Å². The zero-order valence-electron chi connectivity index (χ0n) is 15.4. The van der Waals surface area contributed by atoms with Gasteiger partial charge in [-0.1, -0.05) is 36.0 Å². The molecule has 0 saturated carbocycles. The van der Waals surface area contributed by atoms with Crippen molar-refractivity contribution < 1.29 is 18.3 Å². The maximum atomic E-state index is 12.6. The molecule has 4 rings (SSSR count). The number of ether oxygens (including phenoxy) is 1. The number of ketones is 1. The number of hydrogen-bond acceptors (Lipinski definition) is 6. The van der Waals surface area contributed by atoms with Crippen LogP contribution in [0.15, 0.2) is 77.3 Å². The van der Waals surface area contributed by atoms with Crippen LogP contribution in [0.5, 0.6) is 5.75 Å². The molecule has 0 saturated heterocycles. The van der Waals surface area contributed by atoms with E-state index in [2.05, 4.69) is 14.9 Å². The van der Waals surface area contributed by atoms with Gasteiger partial charge in [-0.3, -0.25) is 9.36 Å². The Balaban J connectivity index is 1.54. The van der Waals surface area contributed by atoms with E-state index in [1.54, 1.807) is 11.3 Å². The third-order valence-electron chi connectivity index (χ3n) is 4.12. The van der Waals surface area contributed by atoms with Crippen LogP contribution in [0.25, 0.3) is 16.4 Å². The number of carbonyl (C=O) groups excluding carboxylic acids is 1. The molecular weight excluding hydrogens is 428 g/mol. The molecule has 0 unspecified atom stereocenters. The Bertz CT molecular complexity index is 1120. The van der Waals surface area contributed by atoms with Gasteiger partial charge in [-0.15, -0.1) is 21.5 Å². The van der Waals surface area contributed by atoms with Gasteiger partial charge in [0.05, 0.1) is 10.6 Å². The van der Waals surface area contributed by atoms with Gasteiger partial charge in [-0.2, -0.15) is 8.78 Å². The second-order valence-corrected chi connectivity index (χ2v) is 7.96. The van der Waals surface area contributed by atoms with E-state index in [1.807, 2.05) is 52.4 Å². The highest BCUT2D eigenvalue weighted by molar-refractivity contribution is 7.99. The Labute approximate surface area is 179 Å². The normalized spacial score (nSPS) is 11.0. The molecule has 0 radical (unpaired) electrons. The third kappa shape index (κ3) is 4.58. The van der Waals surface area contributed by atoms with Crippen LogP contribution in [0.2, 0.25) is 0 Å². The zero-order chi connectivity index (χ0) is 20.9. The summed E-state index contributed by atoms with van der Waals surface area (Å²) in [4.78, 5) is 13.5. The van der Waals surface area contributed by atoms with E-state index in [4.69, 9.17) is 0 Å². The number of halogens is 2. The number of thiophene rings is 1. The summed E-state index contributed by atoms with van der Waals surface area (Å²) in [5.74, 6) is 0.701. The van der Waals surface area contributed by atoms with Crippen LogP contribution >= 0.6 is 23.1 Å². The maximum Gasteiger partial charge on any atom is 0.387 e. The zero-order valence-corrected chi connectivity index (χ0v) is 17.1. The molecule has 4 aromatic rings. The minimum Gasteiger partial charge on any atom is -0.435 e. The summed E-state index contributed by atoms with van der Waals surface area (Å²) in [6, 6.07) is 19.2. The molecular formula is C21H15F2N3O2S2. The predicted molar refractivity (Wildman–Crippen MR) is 113 cm³/mol. The number of alkyl halides is 2. The molecule has 5 nitrogen and oxygen atoms in total. The molecule has 0 bridgehead atoms. The number of thioether (sulfide) groups is 1. The van der Waals surface area contributed by atoms with E-state index in [-0.39, 0.29) is 17.3 Å². The van der Waals surface area contributed by atoms with Crippen LogP contribution in [0.4, 0.5) is 8.78 Å². The molecule has 2 aromatic carbocycles. The van der Waals surface area contributed by atoms with Gasteiger partial charge < -0.3 is 4.74 Å². The van der Waals surface area contributed by atoms with Gasteiger partial charge in [0.2, 0.25) is 0 Å². The summed E-state index contributed by atoms with van der Waals surface area (Å²) in [6.07, 6.45) is 0. The Morgan fingerprint density at radius 2 is 1.80 bits per heavy atom. The topological polar surface area (TPSA) is 57.0 Å². The molecule has 0 aliphatic carbocycles. The van der Waals surface area contributed by atoms with Crippen LogP contribution in [0, 0.1) is 0 Å². The Morgan fingerprint density at radius 1 is 1.03 bits per heavy atom. The Hall–Kier alpha value is -3.04. The van der Waals surface area contributed by atoms with E-state index in [1.165, 1.54) is 36.0 Å². The lowest BCUT2D eigenvalue weighted by molar-refractivity contribution is -0.0498. The SMILES string of the molecule is O=C(CSc1nnc(-c2cccs2)n1-c1ccccc1)c1ccc(OC(F)F)cc1. The highest BCUT2D eigenvalue weighted by Gasteiger charge is 2.18. The molecule has 0 spiro atoms. The van der Waals surface area contributed by atoms with Gasteiger partial charge in [-0.05, 0) is 47.8 Å². The number of rotatable bonds is 8. The van der Waals surface area contributed by atoms with Crippen molar-refractivity contribution in [2.75, 3.05) is 5.75 Å². The van der Waals surface area contributed by atoms with Crippen molar-refractivity contribution in [3.05, 3.63) is 77.7 Å². The average Bonchev–Trinajstić information content (AvgIpc) is 3.42. The van der Waals surface area contributed by atoms with E-state index < -0.39 is 6.61 Å². The third-order valence-corrected chi connectivity index (χ3v) is 5.92. The van der Waals surface area contributed by atoms with Crippen molar-refractivity contribution in [2.45, 2.75) is 11.8 Å². The molecule has 9 heteroatoms. The van der Waals surface area contributed by atoms with Gasteiger partial charge in [-0.25, -0.2) is 0 Å². The quantitative estimate of drug-likeness (QED) is 0.263. The van der Waals surface area contributed by atoms with E-state index in [0.29, 0.717) is 16.5 Å². The number of aromatic nitrogens is 3. The summed E-state index contributed by atoms with van der Waals surface area (Å²) < 4.78 is 30.8. The number of benzene rings is 2. The van der Waals surface area contributed by atoms with Crippen LogP contribution in [0.1, 0.15) is 10.4 Å². The fourth-order valence-electron chi connectivity index (χ4n) is 2.77. The van der Waals surface area contributed by atoms with Gasteiger partial charge >= 0.3 is 6.61 Å². The van der Waals surface area contributed by atoms with Crippen molar-refractivity contribution in [1.29, 1.82) is 0 Å². The summed E-state index contributed by atoms with van der Waals surface area (Å²) in [6.45, 7) is -2.90. The summed E-state index contributed by atoms with van der Waals surface area (Å²) in [7, 11) is 0. The molecule has 0 aliphatic heterocycles. The Kier molecular flexibility index (Phi) is 6.20. The van der Waals surface area contributed by atoms with Gasteiger partial charge in [0.25, 0.3) is 0 Å². The monoisotopic (exact) mass is 443 g/mol. The summed E-state index contributed by atoms with van der Waals surface area (Å²) >= 11 is 2.83. The van der Waals surface area contributed by atoms with Gasteiger partial charge in [0.1, 0.15) is 5.75 Å². The lowest BCUT2D eigenvalue weighted by Gasteiger charge is -2.09. The molecule has 0 aliphatic rings. The van der Waals surface area contributed by atoms with Crippen molar-refractivity contribution in [1.82, 2.24) is 14.8 Å². The fraction of sp³-hybridized carbons (Fsp3) is 0.0952. The predicted octanol–water partition coefficient (Wildman–Crippen LogP) is 5.57. The molecule has 0 N–H and O–H groups in total. The van der Waals surface area contributed by atoms with Crippen LogP contribution in [-0.4, -0.2) is 32.9 Å². The first-order chi connectivity index (χ1) is 14.6. The van der Waals surface area contributed by atoms with Crippen LogP contribution in [0.3, 0.4) is 0 Å². The molecule has 2 heterocycles. The van der Waals surface area contributed by atoms with Gasteiger partial charge in [0.15, 0.2) is 16.8 Å². The lowest BCUT2D eigenvalue weighted by Crippen LogP contribution is -2.06. The smallest absolute Gasteiger partial charge is 0.387 e. The number of nitrogens with zero attached hydrogens (tertiary/aromatic N) is 3. The molecule has 0 amide bonds. The molecule has 0 fully saturated rings. The second-order valence-electron chi connectivity index (χ2n) is 6.07. The average molecular weight is 444 g/mol. The standard InChI is InChI=1S/C21H15F2N3O2S2/c22-20(23)28-16-10-8-14(9-11-16)17(27)13-30-21-25-24-19(18-7-4-12-29-18)26(21)15-5-2-1-3-6-15/h1-12,20H,13H2. The lowest BCUT2D eigenvalue weighted by atomic mass is 10.1. The van der Waals surface area contributed by atoms with E-state index in [0.717, 1.165) is 10.6 Å². The second kappa shape index (κ2) is 9.19. The summed E-state index contributed by atoms with van der Waals surface area (Å²) in [5.41, 5.74) is 1.31. The highest BCUT2D eigenvalue weighted by Crippen LogP contribution is 2.30. The largest absolute Gasteiger partial charge is 0.435 e. The molecule has 30 heavy (non-hydrogen) atoms. The highest BCUT2D eigenvalue weighted by atomic mass is 32.2. The minimum absolute atomic E-state index is 0.0126. The number of carbonyl (C=O) groups is 1. The maximum absolute atomic E-state index is 12.6. The fourth-order valence-corrected chi connectivity index (χ4v) is 4.32. The van der Waals surface area contributed by atoms with Crippen LogP contribution < -0.4 is 4.74 Å². The van der Waals surface area contributed by atoms with Crippen molar-refractivity contribution >= 4 is 28.9 Å². The first kappa shape index (κ1) is 20.2. The van der Waals surface area contributed by atoms with Crippen molar-refractivity contribution in [2.24, 2.45) is 0 Å². The minimum atomic E-state index is -2.90. The summed E-state index contributed by atoms with van der Waals surface area (Å²) in [5, 5.41) is 11.2. The molecule has 152 valence electrons. The first-order valence-corrected chi connectivity index (χ1v) is 10.7. The van der Waals surface area contributed by atoms with E-state index in [9.17, 15) is 13.6 Å². The molecule has 2 aromatic heterocycles. The molecule has 0 atom stereocenters. The Morgan fingerprint density at radius 3 is 2.47 bits per heavy atom. The number of hydrogen-bond donors (Lipinski definition) is 0. The number of Topliss-reactive ketones (excluding diaryl/α,β-unsaturated/α-hetero) is 1. The number of para-hydroxylation sites is 1. The van der Waals surface area contributed by atoms with Crippen LogP contribution in [-0.2, 0) is 0 Å². The first-order valence-electron chi connectivity index (χ1n) is 8.87. The van der Waals surface area contributed by atoms with Crippen molar-refractivity contribution in [3.8, 4) is 22.1 Å². The van der Waals surface area contributed by atoms with Gasteiger partial charge in [0, 0.05) is 11.3 Å². The van der Waals surface area contributed by atoms with E-state index >= 15 is 0 Å².